The maximum Gasteiger partial charge on any atom is 0.333 e. The van der Waals surface area contributed by atoms with E-state index >= 15 is 0 Å². The summed E-state index contributed by atoms with van der Waals surface area (Å²) in [5.41, 5.74) is 1.15. The highest BCUT2D eigenvalue weighted by atomic mass is 32.2. The highest BCUT2D eigenvalue weighted by Crippen LogP contribution is 2.21. The number of esters is 1. The lowest BCUT2D eigenvalue weighted by molar-refractivity contribution is -0.138. The first-order valence-corrected chi connectivity index (χ1v) is 6.34. The van der Waals surface area contributed by atoms with Crippen molar-refractivity contribution in [2.75, 3.05) is 18.1 Å². The Morgan fingerprint density at radius 3 is 2.57 bits per heavy atom. The van der Waals surface area contributed by atoms with Crippen molar-refractivity contribution in [2.45, 2.75) is 20.3 Å². The van der Waals surface area contributed by atoms with Gasteiger partial charge in [-0.15, -0.1) is 0 Å². The van der Waals surface area contributed by atoms with Crippen LogP contribution in [-0.2, 0) is 19.4 Å². The summed E-state index contributed by atoms with van der Waals surface area (Å²) in [6, 6.07) is 0. The summed E-state index contributed by atoms with van der Waals surface area (Å²) >= 11 is 0. The van der Waals surface area contributed by atoms with Crippen molar-refractivity contribution in [2.24, 2.45) is 0 Å². The van der Waals surface area contributed by atoms with Gasteiger partial charge in [0.1, 0.15) is 0 Å². The number of ether oxygens (including phenoxy) is 1. The van der Waals surface area contributed by atoms with Gasteiger partial charge in [-0.1, -0.05) is 0 Å². The molecule has 1 aliphatic rings. The second kappa shape index (κ2) is 4.13. The minimum Gasteiger partial charge on any atom is -0.463 e. The second-order valence-corrected chi connectivity index (χ2v) is 5.48. The zero-order chi connectivity index (χ0) is 10.8. The first-order valence-electron chi connectivity index (χ1n) is 4.52. The molecule has 0 spiro atoms. The van der Waals surface area contributed by atoms with Gasteiger partial charge in [0.05, 0.1) is 18.1 Å². The van der Waals surface area contributed by atoms with Crippen LogP contribution in [0.3, 0.4) is 0 Å². The zero-order valence-electron chi connectivity index (χ0n) is 8.37. The van der Waals surface area contributed by atoms with Crippen LogP contribution in [0.1, 0.15) is 20.3 Å². The molecule has 0 aromatic heterocycles. The quantitative estimate of drug-likeness (QED) is 0.505. The standard InChI is InChI=1S/C9H14O4S/c1-3-13-9(10)7(2)8-4-5-14(11,12)6-8/h3-6H2,1-2H3. The van der Waals surface area contributed by atoms with Gasteiger partial charge in [0.25, 0.3) is 0 Å². The molecule has 0 aromatic rings. The third-order valence-electron chi connectivity index (χ3n) is 2.22. The van der Waals surface area contributed by atoms with Gasteiger partial charge >= 0.3 is 5.97 Å². The van der Waals surface area contributed by atoms with Crippen LogP contribution in [-0.4, -0.2) is 32.5 Å². The summed E-state index contributed by atoms with van der Waals surface area (Å²) in [5, 5.41) is 0. The van der Waals surface area contributed by atoms with Crippen LogP contribution in [0.25, 0.3) is 0 Å². The Bertz CT molecular complexity index is 364. The summed E-state index contributed by atoms with van der Waals surface area (Å²) in [5.74, 6) is -0.240. The van der Waals surface area contributed by atoms with Gasteiger partial charge in [-0.25, -0.2) is 13.2 Å². The minimum atomic E-state index is -2.95. The Kier molecular flexibility index (Phi) is 3.31. The molecular formula is C9H14O4S. The fraction of sp³-hybridized carbons (Fsp3) is 0.667. The van der Waals surface area contributed by atoms with Gasteiger partial charge in [0.15, 0.2) is 9.84 Å². The van der Waals surface area contributed by atoms with Crippen LogP contribution in [0.5, 0.6) is 0 Å². The normalized spacial score (nSPS) is 23.3. The summed E-state index contributed by atoms with van der Waals surface area (Å²) in [4.78, 5) is 11.3. The van der Waals surface area contributed by atoms with Crippen LogP contribution in [0, 0.1) is 0 Å². The predicted molar refractivity (Wildman–Crippen MR) is 52.6 cm³/mol. The highest BCUT2D eigenvalue weighted by Gasteiger charge is 2.26. The molecule has 0 radical (unpaired) electrons. The molecule has 0 amide bonds. The van der Waals surface area contributed by atoms with Crippen LogP contribution >= 0.6 is 0 Å². The van der Waals surface area contributed by atoms with E-state index in [0.717, 1.165) is 0 Å². The summed E-state index contributed by atoms with van der Waals surface area (Å²) in [6.45, 7) is 3.66. The van der Waals surface area contributed by atoms with Crippen LogP contribution < -0.4 is 0 Å². The van der Waals surface area contributed by atoms with Gasteiger partial charge < -0.3 is 4.74 Å². The molecule has 0 saturated carbocycles. The van der Waals surface area contributed by atoms with Gasteiger partial charge in [-0.3, -0.25) is 0 Å². The maximum atomic E-state index is 11.3. The van der Waals surface area contributed by atoms with Crippen LogP contribution in [0.15, 0.2) is 11.1 Å². The molecule has 4 nitrogen and oxygen atoms in total. The molecule has 0 atom stereocenters. The SMILES string of the molecule is CCOC(=O)C(C)=C1CCS(=O)(=O)C1. The van der Waals surface area contributed by atoms with Crippen molar-refractivity contribution < 1.29 is 17.9 Å². The van der Waals surface area contributed by atoms with Gasteiger partial charge in [0.2, 0.25) is 0 Å². The molecule has 0 N–H and O–H groups in total. The van der Waals surface area contributed by atoms with Crippen molar-refractivity contribution in [3.8, 4) is 0 Å². The third-order valence-corrected chi connectivity index (χ3v) is 3.84. The number of sulfone groups is 1. The fourth-order valence-corrected chi connectivity index (χ4v) is 2.96. The first-order chi connectivity index (χ1) is 6.46. The molecule has 0 aliphatic carbocycles. The zero-order valence-corrected chi connectivity index (χ0v) is 9.19. The Morgan fingerprint density at radius 1 is 1.50 bits per heavy atom. The Morgan fingerprint density at radius 2 is 2.14 bits per heavy atom. The number of carbonyl (C=O) groups is 1. The number of carbonyl (C=O) groups excluding carboxylic acids is 1. The largest absolute Gasteiger partial charge is 0.463 e. The summed E-state index contributed by atoms with van der Waals surface area (Å²) in [7, 11) is -2.95. The number of hydrogen-bond donors (Lipinski definition) is 0. The van der Waals surface area contributed by atoms with E-state index in [1.54, 1.807) is 13.8 Å². The van der Waals surface area contributed by atoms with Crippen molar-refractivity contribution in [1.29, 1.82) is 0 Å². The molecule has 1 rings (SSSR count). The van der Waals surface area contributed by atoms with E-state index in [1.165, 1.54) is 0 Å². The lowest BCUT2D eigenvalue weighted by Crippen LogP contribution is -2.08. The van der Waals surface area contributed by atoms with Crippen LogP contribution in [0.2, 0.25) is 0 Å². The first kappa shape index (κ1) is 11.2. The van der Waals surface area contributed by atoms with Crippen molar-refractivity contribution in [1.82, 2.24) is 0 Å². The lowest BCUT2D eigenvalue weighted by atomic mass is 10.1. The molecule has 0 aromatic carbocycles. The number of hydrogen-bond acceptors (Lipinski definition) is 4. The molecular weight excluding hydrogens is 204 g/mol. The smallest absolute Gasteiger partial charge is 0.333 e. The number of rotatable bonds is 2. The topological polar surface area (TPSA) is 60.4 Å². The van der Waals surface area contributed by atoms with Gasteiger partial charge in [0, 0.05) is 5.57 Å². The highest BCUT2D eigenvalue weighted by molar-refractivity contribution is 7.91. The van der Waals surface area contributed by atoms with E-state index in [9.17, 15) is 13.2 Å². The molecule has 0 bridgehead atoms. The molecule has 1 saturated heterocycles. The Hall–Kier alpha value is -0.840. The third kappa shape index (κ3) is 2.57. The average Bonchev–Trinajstić information content (AvgIpc) is 2.45. The lowest BCUT2D eigenvalue weighted by Gasteiger charge is -2.03. The van der Waals surface area contributed by atoms with Gasteiger partial charge in [-0.2, -0.15) is 0 Å². The average molecular weight is 218 g/mol. The van der Waals surface area contributed by atoms with E-state index in [4.69, 9.17) is 4.74 Å². The molecule has 1 heterocycles. The fourth-order valence-electron chi connectivity index (χ4n) is 1.37. The summed E-state index contributed by atoms with van der Waals surface area (Å²) < 4.78 is 27.1. The van der Waals surface area contributed by atoms with E-state index in [-0.39, 0.29) is 11.5 Å². The van der Waals surface area contributed by atoms with Crippen molar-refractivity contribution in [3.63, 3.8) is 0 Å². The minimum absolute atomic E-state index is 0.0116. The van der Waals surface area contributed by atoms with Gasteiger partial charge in [-0.05, 0) is 25.8 Å². The van der Waals surface area contributed by atoms with E-state index < -0.39 is 15.8 Å². The van der Waals surface area contributed by atoms with Crippen molar-refractivity contribution in [3.05, 3.63) is 11.1 Å². The molecule has 14 heavy (non-hydrogen) atoms. The monoisotopic (exact) mass is 218 g/mol. The summed E-state index contributed by atoms with van der Waals surface area (Å²) in [6.07, 6.45) is 0.465. The van der Waals surface area contributed by atoms with E-state index in [1.807, 2.05) is 0 Å². The van der Waals surface area contributed by atoms with E-state index in [0.29, 0.717) is 24.2 Å². The Balaban J connectivity index is 2.81. The van der Waals surface area contributed by atoms with Crippen molar-refractivity contribution >= 4 is 15.8 Å². The van der Waals surface area contributed by atoms with Crippen LogP contribution in [0.4, 0.5) is 0 Å². The molecule has 80 valence electrons. The predicted octanol–water partition coefficient (Wildman–Crippen LogP) is 0.685. The maximum absolute atomic E-state index is 11.3. The molecule has 5 heteroatoms. The van der Waals surface area contributed by atoms with E-state index in [2.05, 4.69) is 0 Å². The second-order valence-electron chi connectivity index (χ2n) is 3.29. The Labute approximate surface area is 83.9 Å². The molecule has 1 aliphatic heterocycles. The molecule has 0 unspecified atom stereocenters. The molecule has 1 fully saturated rings.